The van der Waals surface area contributed by atoms with Crippen LogP contribution in [0.25, 0.3) is 0 Å². The Morgan fingerprint density at radius 1 is 0.931 bits per heavy atom. The topological polar surface area (TPSA) is 48.0 Å². The van der Waals surface area contributed by atoms with Gasteiger partial charge >= 0.3 is 0 Å². The lowest BCUT2D eigenvalue weighted by Crippen LogP contribution is -2.30. The summed E-state index contributed by atoms with van der Waals surface area (Å²) in [5.74, 6) is 2.77. The van der Waals surface area contributed by atoms with Crippen LogP contribution in [0.15, 0.2) is 72.8 Å². The Morgan fingerprint density at radius 3 is 2.52 bits per heavy atom. The second-order valence-corrected chi connectivity index (χ2v) is 6.66. The number of nitrogens with zero attached hydrogens (tertiary/aromatic N) is 1. The van der Waals surface area contributed by atoms with Gasteiger partial charge in [-0.05, 0) is 30.3 Å². The highest BCUT2D eigenvalue weighted by Crippen LogP contribution is 2.38. The summed E-state index contributed by atoms with van der Waals surface area (Å²) in [6.07, 6.45) is 0.381. The monoisotopic (exact) mass is 389 g/mol. The molecule has 5 nitrogen and oxygen atoms in total. The molecule has 3 aromatic carbocycles. The van der Waals surface area contributed by atoms with Gasteiger partial charge in [0.1, 0.15) is 19.0 Å². The number of rotatable bonds is 6. The Kier molecular flexibility index (Phi) is 5.66. The first-order chi connectivity index (χ1) is 14.3. The molecule has 0 saturated heterocycles. The third kappa shape index (κ3) is 4.19. The zero-order valence-electron chi connectivity index (χ0n) is 16.3. The van der Waals surface area contributed by atoms with Gasteiger partial charge in [0.25, 0.3) is 0 Å². The zero-order chi connectivity index (χ0) is 20.1. The molecule has 1 aliphatic rings. The summed E-state index contributed by atoms with van der Waals surface area (Å²) in [6, 6.07) is 22.9. The summed E-state index contributed by atoms with van der Waals surface area (Å²) in [6.45, 7) is 3.26. The van der Waals surface area contributed by atoms with Gasteiger partial charge in [-0.25, -0.2) is 0 Å². The van der Waals surface area contributed by atoms with Crippen LogP contribution in [0.5, 0.6) is 23.0 Å². The summed E-state index contributed by atoms with van der Waals surface area (Å²) < 4.78 is 17.6. The lowest BCUT2D eigenvalue weighted by Gasteiger charge is -2.27. The van der Waals surface area contributed by atoms with Crippen molar-refractivity contribution in [1.29, 1.82) is 0 Å². The molecule has 0 aromatic heterocycles. The Bertz CT molecular complexity index is 987. The summed E-state index contributed by atoms with van der Waals surface area (Å²) in [5, 5.41) is 0. The van der Waals surface area contributed by atoms with E-state index in [0.29, 0.717) is 43.4 Å². The molecule has 29 heavy (non-hydrogen) atoms. The number of hydrogen-bond donors (Lipinski definition) is 0. The molecule has 148 valence electrons. The molecule has 0 saturated carbocycles. The third-order valence-corrected chi connectivity index (χ3v) is 4.71. The normalized spacial score (nSPS) is 12.3. The fourth-order valence-electron chi connectivity index (χ4n) is 3.31. The maximum absolute atomic E-state index is 12.9. The van der Waals surface area contributed by atoms with E-state index >= 15 is 0 Å². The van der Waals surface area contributed by atoms with E-state index in [2.05, 4.69) is 0 Å². The number of carbonyl (C=O) groups excluding carboxylic acids is 1. The molecule has 3 aromatic rings. The van der Waals surface area contributed by atoms with Crippen molar-refractivity contribution in [2.75, 3.05) is 18.1 Å². The van der Waals surface area contributed by atoms with Crippen molar-refractivity contribution in [2.45, 2.75) is 19.9 Å². The van der Waals surface area contributed by atoms with E-state index in [-0.39, 0.29) is 5.91 Å². The number of para-hydroxylation sites is 4. The molecule has 0 bridgehead atoms. The second-order valence-electron chi connectivity index (χ2n) is 6.66. The van der Waals surface area contributed by atoms with Crippen molar-refractivity contribution in [1.82, 2.24) is 0 Å². The van der Waals surface area contributed by atoms with Crippen molar-refractivity contribution in [3.8, 4) is 23.0 Å². The Morgan fingerprint density at radius 2 is 1.69 bits per heavy atom. The van der Waals surface area contributed by atoms with Crippen molar-refractivity contribution in [3.05, 3.63) is 78.4 Å². The zero-order valence-corrected chi connectivity index (χ0v) is 16.3. The maximum atomic E-state index is 12.9. The first-order valence-electron chi connectivity index (χ1n) is 9.76. The minimum absolute atomic E-state index is 0.00319. The molecule has 4 rings (SSSR count). The summed E-state index contributed by atoms with van der Waals surface area (Å²) in [4.78, 5) is 14.6. The number of benzene rings is 3. The van der Waals surface area contributed by atoms with E-state index in [4.69, 9.17) is 14.2 Å². The maximum Gasteiger partial charge on any atom is 0.227 e. The quantitative estimate of drug-likeness (QED) is 0.582. The van der Waals surface area contributed by atoms with Crippen LogP contribution in [-0.2, 0) is 11.3 Å². The number of ether oxygens (including phenoxy) is 3. The summed E-state index contributed by atoms with van der Waals surface area (Å²) in [5.41, 5.74) is 1.62. The average molecular weight is 389 g/mol. The van der Waals surface area contributed by atoms with Crippen LogP contribution in [0.1, 0.15) is 18.9 Å². The first kappa shape index (κ1) is 18.9. The first-order valence-corrected chi connectivity index (χ1v) is 9.76. The number of fused-ring (bicyclic) bond motifs is 1. The van der Waals surface area contributed by atoms with E-state index < -0.39 is 0 Å². The van der Waals surface area contributed by atoms with Crippen LogP contribution in [0, 0.1) is 0 Å². The Balaban J connectivity index is 1.69. The van der Waals surface area contributed by atoms with Gasteiger partial charge in [0.05, 0.1) is 12.2 Å². The Hall–Kier alpha value is -3.47. The molecule has 1 amide bonds. The minimum atomic E-state index is 0.00319. The number of anilines is 1. The van der Waals surface area contributed by atoms with Crippen molar-refractivity contribution >= 4 is 11.6 Å². The average Bonchev–Trinajstić information content (AvgIpc) is 2.78. The molecule has 1 aliphatic heterocycles. The summed E-state index contributed by atoms with van der Waals surface area (Å²) in [7, 11) is 0. The van der Waals surface area contributed by atoms with Crippen molar-refractivity contribution < 1.29 is 19.0 Å². The van der Waals surface area contributed by atoms with Crippen molar-refractivity contribution in [3.63, 3.8) is 0 Å². The summed E-state index contributed by atoms with van der Waals surface area (Å²) >= 11 is 0. The number of amides is 1. The van der Waals surface area contributed by atoms with Gasteiger partial charge in [-0.2, -0.15) is 0 Å². The van der Waals surface area contributed by atoms with Gasteiger partial charge in [-0.3, -0.25) is 4.79 Å². The van der Waals surface area contributed by atoms with Crippen molar-refractivity contribution in [2.24, 2.45) is 0 Å². The van der Waals surface area contributed by atoms with Crippen LogP contribution in [0.4, 0.5) is 5.69 Å². The van der Waals surface area contributed by atoms with Gasteiger partial charge in [0, 0.05) is 12.0 Å². The van der Waals surface area contributed by atoms with E-state index in [1.165, 1.54) is 0 Å². The molecule has 0 fully saturated rings. The lowest BCUT2D eigenvalue weighted by atomic mass is 10.1. The fourth-order valence-corrected chi connectivity index (χ4v) is 3.31. The number of hydrogen-bond acceptors (Lipinski definition) is 4. The van der Waals surface area contributed by atoms with Crippen LogP contribution in [0.2, 0.25) is 0 Å². The molecule has 1 heterocycles. The molecule has 0 unspecified atom stereocenters. The van der Waals surface area contributed by atoms with Gasteiger partial charge < -0.3 is 19.1 Å². The second kappa shape index (κ2) is 8.69. The van der Waals surface area contributed by atoms with Crippen LogP contribution >= 0.6 is 0 Å². The highest BCUT2D eigenvalue weighted by atomic mass is 16.6. The standard InChI is InChI=1S/C24H23NO4/c1-2-23(26)25(17-18-9-8-14-22-24(18)28-16-15-27-22)20-12-6-7-13-21(20)29-19-10-4-3-5-11-19/h3-14H,2,15-17H2,1H3. The molecular formula is C24H23NO4. The highest BCUT2D eigenvalue weighted by molar-refractivity contribution is 5.94. The van der Waals surface area contributed by atoms with E-state index in [1.54, 1.807) is 4.90 Å². The smallest absolute Gasteiger partial charge is 0.227 e. The van der Waals surface area contributed by atoms with Gasteiger partial charge in [-0.15, -0.1) is 0 Å². The van der Waals surface area contributed by atoms with Gasteiger partial charge in [0.2, 0.25) is 5.91 Å². The van der Waals surface area contributed by atoms with Gasteiger partial charge in [-0.1, -0.05) is 49.4 Å². The van der Waals surface area contributed by atoms with E-state index in [0.717, 1.165) is 17.0 Å². The largest absolute Gasteiger partial charge is 0.486 e. The van der Waals surface area contributed by atoms with Crippen LogP contribution in [0.3, 0.4) is 0 Å². The fraction of sp³-hybridized carbons (Fsp3) is 0.208. The predicted octanol–water partition coefficient (Wildman–Crippen LogP) is 5.19. The lowest BCUT2D eigenvalue weighted by molar-refractivity contribution is -0.118. The molecule has 0 spiro atoms. The molecular weight excluding hydrogens is 366 g/mol. The minimum Gasteiger partial charge on any atom is -0.486 e. The Labute approximate surface area is 170 Å². The van der Waals surface area contributed by atoms with E-state index in [1.807, 2.05) is 79.7 Å². The SMILES string of the molecule is CCC(=O)N(Cc1cccc2c1OCCO2)c1ccccc1Oc1ccccc1. The predicted molar refractivity (Wildman–Crippen MR) is 112 cm³/mol. The molecule has 0 atom stereocenters. The number of carbonyl (C=O) groups is 1. The molecule has 0 radical (unpaired) electrons. The highest BCUT2D eigenvalue weighted by Gasteiger charge is 2.23. The molecule has 5 heteroatoms. The van der Waals surface area contributed by atoms with Gasteiger partial charge in [0.15, 0.2) is 17.2 Å². The molecule has 0 aliphatic carbocycles. The van der Waals surface area contributed by atoms with E-state index in [9.17, 15) is 4.79 Å². The molecule has 0 N–H and O–H groups in total. The third-order valence-electron chi connectivity index (χ3n) is 4.71. The van der Waals surface area contributed by atoms with Crippen LogP contribution < -0.4 is 19.1 Å². The van der Waals surface area contributed by atoms with Crippen LogP contribution in [-0.4, -0.2) is 19.1 Å².